The van der Waals surface area contributed by atoms with Gasteiger partial charge in [-0.2, -0.15) is 0 Å². The van der Waals surface area contributed by atoms with E-state index in [4.69, 9.17) is 4.74 Å². The molecule has 0 saturated heterocycles. The largest absolute Gasteiger partial charge is 0.495 e. The Hall–Kier alpha value is -3.22. The van der Waals surface area contributed by atoms with E-state index in [9.17, 15) is 4.79 Å². The molecule has 0 atom stereocenters. The number of hydrogen-bond donors (Lipinski definition) is 1. The van der Waals surface area contributed by atoms with Crippen LogP contribution in [0.3, 0.4) is 0 Å². The lowest BCUT2D eigenvalue weighted by molar-refractivity contribution is -0.120. The fourth-order valence-corrected chi connectivity index (χ4v) is 2.24. The normalized spacial score (nSPS) is 10.4. The van der Waals surface area contributed by atoms with E-state index < -0.39 is 0 Å². The van der Waals surface area contributed by atoms with Gasteiger partial charge in [0.2, 0.25) is 5.91 Å². The van der Waals surface area contributed by atoms with Crippen molar-refractivity contribution in [1.29, 1.82) is 0 Å². The number of carbonyl (C=O) groups excluding carboxylic acids is 1. The van der Waals surface area contributed by atoms with Gasteiger partial charge in [-0.05, 0) is 18.2 Å². The van der Waals surface area contributed by atoms with Gasteiger partial charge in [-0.3, -0.25) is 14.3 Å². The van der Waals surface area contributed by atoms with Crippen LogP contribution >= 0.6 is 0 Å². The average molecular weight is 323 g/mol. The molecule has 0 spiro atoms. The van der Waals surface area contributed by atoms with Crippen molar-refractivity contribution in [3.8, 4) is 11.6 Å². The van der Waals surface area contributed by atoms with Crippen molar-refractivity contribution in [3.63, 3.8) is 0 Å². The Morgan fingerprint density at radius 2 is 2.17 bits per heavy atom. The molecule has 0 bridgehead atoms. The molecule has 7 nitrogen and oxygen atoms in total. The third-order valence-corrected chi connectivity index (χ3v) is 3.47. The average Bonchev–Trinajstić information content (AvgIpc) is 3.15. The molecule has 1 N–H and O–H groups in total. The van der Waals surface area contributed by atoms with Gasteiger partial charge < -0.3 is 10.1 Å². The fraction of sp³-hybridized carbons (Fsp3) is 0.176. The first-order valence-corrected chi connectivity index (χ1v) is 7.44. The molecule has 3 rings (SSSR count). The van der Waals surface area contributed by atoms with Crippen LogP contribution in [0.15, 0.2) is 55.4 Å². The van der Waals surface area contributed by atoms with E-state index in [0.29, 0.717) is 18.0 Å². The van der Waals surface area contributed by atoms with Gasteiger partial charge in [0, 0.05) is 36.4 Å². The number of hydrogen-bond acceptors (Lipinski definition) is 5. The van der Waals surface area contributed by atoms with Crippen LogP contribution in [-0.4, -0.2) is 32.5 Å². The molecule has 3 heterocycles. The van der Waals surface area contributed by atoms with Gasteiger partial charge in [0.05, 0.1) is 19.7 Å². The Morgan fingerprint density at radius 1 is 1.25 bits per heavy atom. The summed E-state index contributed by atoms with van der Waals surface area (Å²) in [5, 5.41) is 2.89. The number of rotatable bonds is 6. The number of methoxy groups -OCH3 is 1. The van der Waals surface area contributed by atoms with E-state index in [1.807, 2.05) is 22.9 Å². The number of nitrogens with zero attached hydrogens (tertiary/aromatic N) is 4. The molecular formula is C17H17N5O2. The third-order valence-electron chi connectivity index (χ3n) is 3.47. The van der Waals surface area contributed by atoms with Gasteiger partial charge in [-0.1, -0.05) is 6.07 Å². The SMILES string of the molecule is COc1ccc(CC(=O)NCc2cccnc2-n2ccnc2)nc1. The van der Waals surface area contributed by atoms with Crippen molar-refractivity contribution in [3.05, 3.63) is 66.6 Å². The van der Waals surface area contributed by atoms with Crippen LogP contribution in [0.5, 0.6) is 5.75 Å². The Labute approximate surface area is 139 Å². The second kappa shape index (κ2) is 7.36. The van der Waals surface area contributed by atoms with E-state index in [2.05, 4.69) is 20.3 Å². The summed E-state index contributed by atoms with van der Waals surface area (Å²) < 4.78 is 6.86. The van der Waals surface area contributed by atoms with Crippen molar-refractivity contribution in [2.45, 2.75) is 13.0 Å². The van der Waals surface area contributed by atoms with E-state index in [-0.39, 0.29) is 12.3 Å². The number of amides is 1. The Morgan fingerprint density at radius 3 is 2.88 bits per heavy atom. The van der Waals surface area contributed by atoms with Gasteiger partial charge in [-0.15, -0.1) is 0 Å². The van der Waals surface area contributed by atoms with E-state index in [1.54, 1.807) is 44.2 Å². The number of carbonyl (C=O) groups is 1. The highest BCUT2D eigenvalue weighted by molar-refractivity contribution is 5.78. The summed E-state index contributed by atoms with van der Waals surface area (Å²) in [4.78, 5) is 24.7. The first-order chi connectivity index (χ1) is 11.8. The van der Waals surface area contributed by atoms with Gasteiger partial charge in [0.15, 0.2) is 0 Å². The maximum atomic E-state index is 12.1. The van der Waals surface area contributed by atoms with Crippen LogP contribution < -0.4 is 10.1 Å². The summed E-state index contributed by atoms with van der Waals surface area (Å²) in [6.45, 7) is 0.385. The Balaban J connectivity index is 1.62. The predicted molar refractivity (Wildman–Crippen MR) is 87.7 cm³/mol. The highest BCUT2D eigenvalue weighted by atomic mass is 16.5. The highest BCUT2D eigenvalue weighted by Crippen LogP contribution is 2.11. The van der Waals surface area contributed by atoms with Gasteiger partial charge in [0.25, 0.3) is 0 Å². The Bertz CT molecular complexity index is 800. The molecule has 0 aliphatic rings. The molecule has 0 aliphatic heterocycles. The third kappa shape index (κ3) is 3.75. The fourth-order valence-electron chi connectivity index (χ4n) is 2.24. The van der Waals surface area contributed by atoms with Gasteiger partial charge in [0.1, 0.15) is 17.9 Å². The molecule has 3 aromatic rings. The van der Waals surface area contributed by atoms with Crippen LogP contribution in [0.25, 0.3) is 5.82 Å². The smallest absolute Gasteiger partial charge is 0.226 e. The minimum atomic E-state index is -0.104. The van der Waals surface area contributed by atoms with Crippen molar-refractivity contribution >= 4 is 5.91 Å². The summed E-state index contributed by atoms with van der Waals surface area (Å²) in [5.74, 6) is 1.31. The maximum Gasteiger partial charge on any atom is 0.226 e. The highest BCUT2D eigenvalue weighted by Gasteiger charge is 2.09. The van der Waals surface area contributed by atoms with Gasteiger partial charge in [-0.25, -0.2) is 9.97 Å². The van der Waals surface area contributed by atoms with E-state index in [0.717, 1.165) is 11.4 Å². The second-order valence-electron chi connectivity index (χ2n) is 5.10. The van der Waals surface area contributed by atoms with Crippen molar-refractivity contribution in [2.75, 3.05) is 7.11 Å². The molecule has 3 aromatic heterocycles. The zero-order valence-electron chi connectivity index (χ0n) is 13.2. The molecule has 0 radical (unpaired) electrons. The molecule has 122 valence electrons. The van der Waals surface area contributed by atoms with E-state index in [1.165, 1.54) is 0 Å². The van der Waals surface area contributed by atoms with E-state index >= 15 is 0 Å². The summed E-state index contributed by atoms with van der Waals surface area (Å²) in [5.41, 5.74) is 1.60. The standard InChI is InChI=1S/C17H17N5O2/c1-24-15-5-4-14(20-11-15)9-16(23)21-10-13-3-2-6-19-17(13)22-8-7-18-12-22/h2-8,11-12H,9-10H2,1H3,(H,21,23). The number of pyridine rings is 2. The second-order valence-corrected chi connectivity index (χ2v) is 5.10. The Kier molecular flexibility index (Phi) is 4.81. The van der Waals surface area contributed by atoms with Crippen LogP contribution in [0.4, 0.5) is 0 Å². The predicted octanol–water partition coefficient (Wildman–Crippen LogP) is 1.53. The molecule has 1 amide bonds. The molecule has 0 fully saturated rings. The molecule has 7 heteroatoms. The number of imidazole rings is 1. The molecule has 0 aromatic carbocycles. The minimum absolute atomic E-state index is 0.104. The molecule has 24 heavy (non-hydrogen) atoms. The van der Waals surface area contributed by atoms with Crippen molar-refractivity contribution in [2.24, 2.45) is 0 Å². The number of ether oxygens (including phenoxy) is 1. The first-order valence-electron chi connectivity index (χ1n) is 7.44. The van der Waals surface area contributed by atoms with Crippen LogP contribution in [0.1, 0.15) is 11.3 Å². The molecule has 0 saturated carbocycles. The van der Waals surface area contributed by atoms with Gasteiger partial charge >= 0.3 is 0 Å². The lowest BCUT2D eigenvalue weighted by Gasteiger charge is -2.10. The van der Waals surface area contributed by atoms with Crippen molar-refractivity contribution in [1.82, 2.24) is 24.8 Å². The lowest BCUT2D eigenvalue weighted by atomic mass is 10.2. The molecule has 0 unspecified atom stereocenters. The summed E-state index contributed by atoms with van der Waals surface area (Å²) >= 11 is 0. The monoisotopic (exact) mass is 323 g/mol. The molecule has 0 aliphatic carbocycles. The van der Waals surface area contributed by atoms with Crippen LogP contribution in [-0.2, 0) is 17.8 Å². The maximum absolute atomic E-state index is 12.1. The summed E-state index contributed by atoms with van der Waals surface area (Å²) in [6, 6.07) is 7.33. The van der Waals surface area contributed by atoms with Crippen LogP contribution in [0, 0.1) is 0 Å². The van der Waals surface area contributed by atoms with Crippen molar-refractivity contribution < 1.29 is 9.53 Å². The summed E-state index contributed by atoms with van der Waals surface area (Å²) in [6.07, 6.45) is 8.70. The first kappa shape index (κ1) is 15.7. The van der Waals surface area contributed by atoms with Crippen LogP contribution in [0.2, 0.25) is 0 Å². The minimum Gasteiger partial charge on any atom is -0.495 e. The number of nitrogens with one attached hydrogen (secondary N) is 1. The zero-order chi connectivity index (χ0) is 16.8. The lowest BCUT2D eigenvalue weighted by Crippen LogP contribution is -2.25. The quantitative estimate of drug-likeness (QED) is 0.744. The number of aromatic nitrogens is 4. The topological polar surface area (TPSA) is 81.9 Å². The summed E-state index contributed by atoms with van der Waals surface area (Å²) in [7, 11) is 1.58. The molecular weight excluding hydrogens is 306 g/mol. The zero-order valence-corrected chi connectivity index (χ0v) is 13.2.